The van der Waals surface area contributed by atoms with E-state index in [1.54, 1.807) is 26.0 Å². The Balaban J connectivity index is 1.67. The van der Waals surface area contributed by atoms with Gasteiger partial charge >= 0.3 is 0 Å². The van der Waals surface area contributed by atoms with Gasteiger partial charge in [0.1, 0.15) is 12.6 Å². The number of ether oxygens (including phenoxy) is 3. The predicted molar refractivity (Wildman–Crippen MR) is 163 cm³/mol. The van der Waals surface area contributed by atoms with E-state index >= 15 is 0 Å². The van der Waals surface area contributed by atoms with Crippen LogP contribution in [0.5, 0.6) is 0 Å². The van der Waals surface area contributed by atoms with Crippen molar-refractivity contribution in [1.29, 1.82) is 0 Å². The topological polar surface area (TPSA) is 109 Å². The number of carbonyl (C=O) groups excluding carboxylic acids is 3. The molecule has 224 valence electrons. The molecule has 10 heteroatoms. The third-order valence-corrected chi connectivity index (χ3v) is 7.46. The maximum Gasteiger partial charge on any atom is 0.253 e. The first-order valence-corrected chi connectivity index (χ1v) is 14.2. The molecule has 4 rings (SSSR count). The van der Waals surface area contributed by atoms with Crippen molar-refractivity contribution in [2.75, 3.05) is 63.5 Å². The lowest BCUT2D eigenvalue weighted by Gasteiger charge is -2.27. The molecule has 1 unspecified atom stereocenters. The van der Waals surface area contributed by atoms with Gasteiger partial charge in [0, 0.05) is 7.11 Å². The van der Waals surface area contributed by atoms with Gasteiger partial charge in [-0.3, -0.25) is 14.4 Å². The van der Waals surface area contributed by atoms with Gasteiger partial charge in [-0.15, -0.1) is 0 Å². The number of amides is 3. The maximum atomic E-state index is 14.3. The normalized spacial score (nSPS) is 15.8. The quantitative estimate of drug-likeness (QED) is 0.301. The number of likely N-dealkylation sites (N-methyl/N-ethyl adjacent to an activating group) is 1. The van der Waals surface area contributed by atoms with Crippen LogP contribution in [-0.2, 0) is 35.1 Å². The monoisotopic (exact) mass is 576 g/mol. The van der Waals surface area contributed by atoms with Gasteiger partial charge in [-0.2, -0.15) is 0 Å². The lowest BCUT2D eigenvalue weighted by Crippen LogP contribution is -2.56. The molecular weight excluding hydrogens is 536 g/mol. The van der Waals surface area contributed by atoms with Gasteiger partial charge in [-0.25, -0.2) is 0 Å². The maximum absolute atomic E-state index is 14.3. The molecule has 3 aromatic carbocycles. The van der Waals surface area contributed by atoms with Gasteiger partial charge in [0.2, 0.25) is 5.91 Å². The summed E-state index contributed by atoms with van der Waals surface area (Å²) in [5.74, 6) is -0.953. The lowest BCUT2D eigenvalue weighted by atomic mass is 9.99. The van der Waals surface area contributed by atoms with E-state index in [2.05, 4.69) is 16.7 Å². The lowest BCUT2D eigenvalue weighted by molar-refractivity contribution is -0.129. The summed E-state index contributed by atoms with van der Waals surface area (Å²) in [6.45, 7) is 5.25. The molecule has 1 aliphatic heterocycles. The predicted octanol–water partition coefficient (Wildman–Crippen LogP) is 2.80. The van der Waals surface area contributed by atoms with Crippen LogP contribution in [0.2, 0.25) is 0 Å². The molecule has 0 aliphatic carbocycles. The van der Waals surface area contributed by atoms with Crippen LogP contribution in [0.4, 0.5) is 11.4 Å². The van der Waals surface area contributed by atoms with Crippen LogP contribution >= 0.6 is 0 Å². The number of carbonyl (C=O) groups is 3. The van der Waals surface area contributed by atoms with Crippen LogP contribution in [0.1, 0.15) is 18.1 Å². The molecule has 3 amide bonds. The van der Waals surface area contributed by atoms with Crippen molar-refractivity contribution < 1.29 is 28.6 Å². The van der Waals surface area contributed by atoms with Gasteiger partial charge < -0.3 is 34.6 Å². The molecule has 2 atom stereocenters. The number of hydrogen-bond acceptors (Lipinski definition) is 7. The van der Waals surface area contributed by atoms with Crippen LogP contribution in [0, 0.1) is 6.92 Å². The van der Waals surface area contributed by atoms with Crippen molar-refractivity contribution in [2.24, 2.45) is 0 Å². The summed E-state index contributed by atoms with van der Waals surface area (Å²) < 4.78 is 16.0. The van der Waals surface area contributed by atoms with Gasteiger partial charge in [-0.1, -0.05) is 48.5 Å². The average molecular weight is 577 g/mol. The van der Waals surface area contributed by atoms with Crippen LogP contribution in [-0.4, -0.2) is 83.5 Å². The summed E-state index contributed by atoms with van der Waals surface area (Å²) in [6, 6.07) is 18.0. The first-order valence-electron chi connectivity index (χ1n) is 14.2. The third kappa shape index (κ3) is 7.32. The molecule has 1 aliphatic rings. The second-order valence-corrected chi connectivity index (χ2v) is 10.2. The zero-order chi connectivity index (χ0) is 30.1. The molecule has 0 saturated heterocycles. The Bertz CT molecular complexity index is 1400. The van der Waals surface area contributed by atoms with Crippen molar-refractivity contribution in [2.45, 2.75) is 32.5 Å². The molecule has 0 fully saturated rings. The largest absolute Gasteiger partial charge is 0.382 e. The number of rotatable bonds is 13. The first-order chi connectivity index (χ1) is 20.3. The Labute approximate surface area is 246 Å². The van der Waals surface area contributed by atoms with E-state index in [0.29, 0.717) is 31.2 Å². The van der Waals surface area contributed by atoms with Gasteiger partial charge in [0.15, 0.2) is 0 Å². The summed E-state index contributed by atoms with van der Waals surface area (Å²) in [5.41, 5.74) is 3.21. The Morgan fingerprint density at radius 1 is 0.952 bits per heavy atom. The van der Waals surface area contributed by atoms with Gasteiger partial charge in [0.25, 0.3) is 11.8 Å². The number of para-hydroxylation sites is 2. The van der Waals surface area contributed by atoms with Crippen molar-refractivity contribution >= 4 is 39.9 Å². The van der Waals surface area contributed by atoms with E-state index in [9.17, 15) is 14.4 Å². The van der Waals surface area contributed by atoms with E-state index in [4.69, 9.17) is 14.2 Å². The molecule has 0 saturated carbocycles. The highest BCUT2D eigenvalue weighted by Gasteiger charge is 2.37. The third-order valence-electron chi connectivity index (χ3n) is 7.46. The Morgan fingerprint density at radius 2 is 1.64 bits per heavy atom. The minimum atomic E-state index is -0.975. The summed E-state index contributed by atoms with van der Waals surface area (Å²) >= 11 is 0. The average Bonchev–Trinajstić information content (AvgIpc) is 3.12. The fraction of sp³-hybridized carbons (Fsp3) is 0.406. The Kier molecular flexibility index (Phi) is 11.0. The molecule has 2 N–H and O–H groups in total. The number of hydrogen-bond donors (Lipinski definition) is 2. The highest BCUT2D eigenvalue weighted by molar-refractivity contribution is 6.08. The van der Waals surface area contributed by atoms with Gasteiger partial charge in [0.05, 0.1) is 56.9 Å². The van der Waals surface area contributed by atoms with Crippen LogP contribution in [0.15, 0.2) is 60.7 Å². The van der Waals surface area contributed by atoms with Crippen molar-refractivity contribution in [3.63, 3.8) is 0 Å². The zero-order valence-corrected chi connectivity index (χ0v) is 24.7. The fourth-order valence-corrected chi connectivity index (χ4v) is 4.93. The first kappa shape index (κ1) is 31.1. The summed E-state index contributed by atoms with van der Waals surface area (Å²) in [6.07, 6.45) is 0. The standard InChI is InChI=1S/C32H40N4O6/c1-22-13-14-24-9-5-6-10-25(24)26(22)19-36-29-12-8-7-11-28(29)35(30(37)21-42-18-17-41-16-15-40-4)20-27(32(36)39)34-31(38)23(2)33-3/h5-14,23,27,33H,15-21H2,1-4H3,(H,34,38)/t23?,27-/m0/s1. The summed E-state index contributed by atoms with van der Waals surface area (Å²) in [4.78, 5) is 44.0. The van der Waals surface area contributed by atoms with E-state index in [-0.39, 0.29) is 44.0 Å². The van der Waals surface area contributed by atoms with E-state index in [1.807, 2.05) is 61.5 Å². The number of nitrogens with zero attached hydrogens (tertiary/aromatic N) is 2. The van der Waals surface area contributed by atoms with E-state index in [1.165, 1.54) is 4.90 Å². The summed E-state index contributed by atoms with van der Waals surface area (Å²) in [7, 11) is 3.28. The molecule has 3 aromatic rings. The van der Waals surface area contributed by atoms with E-state index < -0.39 is 12.1 Å². The number of methoxy groups -OCH3 is 1. The molecule has 0 spiro atoms. The summed E-state index contributed by atoms with van der Waals surface area (Å²) in [5, 5.41) is 7.91. The minimum Gasteiger partial charge on any atom is -0.382 e. The van der Waals surface area contributed by atoms with Crippen LogP contribution in [0.25, 0.3) is 10.8 Å². The SMILES string of the molecule is CNC(C)C(=O)N[C@H]1CN(C(=O)COCCOCCOC)c2ccccc2N(Cc2c(C)ccc3ccccc23)C1=O. The number of anilines is 2. The second kappa shape index (κ2) is 14.9. The number of aryl methyl sites for hydroxylation is 1. The van der Waals surface area contributed by atoms with E-state index in [0.717, 1.165) is 21.9 Å². The number of benzene rings is 3. The molecule has 1 heterocycles. The highest BCUT2D eigenvalue weighted by atomic mass is 16.5. The van der Waals surface area contributed by atoms with Crippen molar-refractivity contribution in [1.82, 2.24) is 10.6 Å². The molecule has 0 radical (unpaired) electrons. The molecule has 0 aromatic heterocycles. The fourth-order valence-electron chi connectivity index (χ4n) is 4.93. The van der Waals surface area contributed by atoms with Gasteiger partial charge in [-0.05, 0) is 54.9 Å². The van der Waals surface area contributed by atoms with Crippen LogP contribution in [0.3, 0.4) is 0 Å². The van der Waals surface area contributed by atoms with Crippen molar-refractivity contribution in [3.8, 4) is 0 Å². The smallest absolute Gasteiger partial charge is 0.253 e. The number of nitrogens with one attached hydrogen (secondary N) is 2. The van der Waals surface area contributed by atoms with Crippen LogP contribution < -0.4 is 20.4 Å². The Morgan fingerprint density at radius 3 is 2.40 bits per heavy atom. The molecule has 42 heavy (non-hydrogen) atoms. The van der Waals surface area contributed by atoms with Crippen molar-refractivity contribution in [3.05, 3.63) is 71.8 Å². The number of fused-ring (bicyclic) bond motifs is 2. The Hall–Kier alpha value is -3.83. The molecular formula is C32H40N4O6. The molecule has 0 bridgehead atoms. The zero-order valence-electron chi connectivity index (χ0n) is 24.7. The highest BCUT2D eigenvalue weighted by Crippen LogP contribution is 2.35. The second-order valence-electron chi connectivity index (χ2n) is 10.2. The molecule has 10 nitrogen and oxygen atoms in total. The minimum absolute atomic E-state index is 0.0322.